The fourth-order valence-corrected chi connectivity index (χ4v) is 8.42. The third-order valence-corrected chi connectivity index (χ3v) is 10.9. The number of anilines is 1. The summed E-state index contributed by atoms with van der Waals surface area (Å²) in [6, 6.07) is 0.191. The molecule has 15 nitrogen and oxygen atoms in total. The summed E-state index contributed by atoms with van der Waals surface area (Å²) in [5, 5.41) is 25.6. The Kier molecular flexibility index (Phi) is 10.4. The van der Waals surface area contributed by atoms with Crippen molar-refractivity contribution < 1.29 is 58.9 Å². The fourth-order valence-electron chi connectivity index (χ4n) is 5.20. The van der Waals surface area contributed by atoms with Crippen LogP contribution in [0.1, 0.15) is 36.2 Å². The van der Waals surface area contributed by atoms with E-state index in [0.717, 1.165) is 26.9 Å². The molecule has 0 bridgehead atoms. The van der Waals surface area contributed by atoms with Crippen molar-refractivity contribution in [3.8, 4) is 5.75 Å². The van der Waals surface area contributed by atoms with Crippen LogP contribution in [0.3, 0.4) is 0 Å². The van der Waals surface area contributed by atoms with Gasteiger partial charge >= 0.3 is 35.6 Å². The molecule has 3 unspecified atom stereocenters. The number of phenols is 1. The number of nitrogens with one attached hydrogen (secondary N) is 3. The third kappa shape index (κ3) is 6.78. The number of rotatable bonds is 10. The smallest absolute Gasteiger partial charge is 0.548 e. The first kappa shape index (κ1) is 34.2. The van der Waals surface area contributed by atoms with Gasteiger partial charge in [0.05, 0.1) is 22.4 Å². The molecule has 0 radical (unpaired) electrons. The maximum atomic E-state index is 13.9. The van der Waals surface area contributed by atoms with E-state index in [4.69, 9.17) is 5.73 Å². The van der Waals surface area contributed by atoms with Crippen LogP contribution in [0, 0.1) is 0 Å². The molecule has 236 valence electrons. The molecule has 4 amide bonds. The first-order valence-corrected chi connectivity index (χ1v) is 16.4. The van der Waals surface area contributed by atoms with Gasteiger partial charge in [-0.25, -0.2) is 9.78 Å². The molecule has 2 aromatic rings. The summed E-state index contributed by atoms with van der Waals surface area (Å²) in [7, 11) is 1.83. The van der Waals surface area contributed by atoms with E-state index in [0.29, 0.717) is 17.2 Å². The number of thioether (sulfide) groups is 2. The van der Waals surface area contributed by atoms with Gasteiger partial charge in [-0.3, -0.25) is 19.3 Å². The van der Waals surface area contributed by atoms with Gasteiger partial charge in [0.2, 0.25) is 11.8 Å². The van der Waals surface area contributed by atoms with Gasteiger partial charge in [-0.15, -0.1) is 23.5 Å². The monoisotopic (exact) mass is 694 g/mol. The maximum Gasteiger partial charge on any atom is 1.00 e. The molecule has 46 heavy (non-hydrogen) atoms. The van der Waals surface area contributed by atoms with Gasteiger partial charge in [-0.05, 0) is 53.5 Å². The van der Waals surface area contributed by atoms with Crippen molar-refractivity contribution in [3.05, 3.63) is 73.6 Å². The molecular weight excluding hydrogens is 668 g/mol. The Labute approximate surface area is 297 Å². The number of benzene rings is 1. The van der Waals surface area contributed by atoms with Crippen molar-refractivity contribution >= 4 is 65.0 Å². The quantitative estimate of drug-likeness (QED) is 0.0955. The van der Waals surface area contributed by atoms with Crippen LogP contribution in [0.2, 0.25) is 0 Å². The number of aromatic amines is 1. The van der Waals surface area contributed by atoms with Gasteiger partial charge in [0.25, 0.3) is 5.56 Å². The van der Waals surface area contributed by atoms with Crippen molar-refractivity contribution in [2.75, 3.05) is 17.7 Å². The number of H-pyrrole nitrogens is 1. The minimum atomic E-state index is -1.54. The summed E-state index contributed by atoms with van der Waals surface area (Å²) in [5.74, 6) is -2.19. The number of primary amides is 1. The Morgan fingerprint density at radius 2 is 1.98 bits per heavy atom. The molecule has 1 saturated carbocycles. The first-order chi connectivity index (χ1) is 21.5. The van der Waals surface area contributed by atoms with Crippen molar-refractivity contribution in [2.24, 2.45) is 5.73 Å². The van der Waals surface area contributed by atoms with E-state index < -0.39 is 52.9 Å². The summed E-state index contributed by atoms with van der Waals surface area (Å²) >= 11 is 4.03. The van der Waals surface area contributed by atoms with E-state index in [1.54, 1.807) is 16.0 Å². The van der Waals surface area contributed by atoms with E-state index in [2.05, 4.69) is 20.7 Å². The summed E-state index contributed by atoms with van der Waals surface area (Å²) in [6.07, 6.45) is 4.70. The van der Waals surface area contributed by atoms with E-state index in [9.17, 15) is 34.2 Å². The number of phenolic OH excluding ortho intramolecular Hbond substituents is 1. The molecule has 4 heterocycles. The molecule has 2 fully saturated rings. The van der Waals surface area contributed by atoms with Crippen molar-refractivity contribution in [3.63, 3.8) is 0 Å². The Balaban J connectivity index is 0.00000417. The molecule has 3 aliphatic heterocycles. The Morgan fingerprint density at radius 1 is 1.26 bits per heavy atom. The van der Waals surface area contributed by atoms with Crippen LogP contribution in [0.15, 0.2) is 56.7 Å². The van der Waals surface area contributed by atoms with Crippen LogP contribution in [0.25, 0.3) is 0 Å². The number of carbonyl (C=O) groups excluding carboxylic acids is 4. The van der Waals surface area contributed by atoms with E-state index in [1.807, 2.05) is 7.05 Å². The number of nitrogens with two attached hydrogens (primary N) is 1. The minimum absolute atomic E-state index is 0. The van der Waals surface area contributed by atoms with Gasteiger partial charge in [-0.2, -0.15) is 4.41 Å². The zero-order valence-electron chi connectivity index (χ0n) is 24.5. The topological polar surface area (TPSA) is 217 Å². The first-order valence-electron chi connectivity index (χ1n) is 13.7. The fraction of sp³-hybridized carbons (Fsp3) is 0.333. The standard InChI is InChI=1S/C27H28N8O7S3.Na/c1-33-30-9-17(45-33)43-10-14-11-44-25-18(24(39)35(25)20(14)26(40)41)31-23(38)19(12-4-6-15(36)7-5-12)34(27(28)42)16-8-29-21(13-2-3-13)32-22(16)37;/h4-9,11,13,18-20,25,30,36H,2-3,10H2,1H3,(H2,28,42)(H,31,38)(H,40,41)(H,29,32,37);/q;+1/p-1/t18?,19?,20?,25-;/m1./s1. The number of carbonyl (C=O) groups is 4. The number of nitrogens with zero attached hydrogens (tertiary/aromatic N) is 4. The minimum Gasteiger partial charge on any atom is -0.548 e. The van der Waals surface area contributed by atoms with E-state index in [-0.39, 0.29) is 52.5 Å². The molecule has 4 atom stereocenters. The normalized spacial score (nSPS) is 22.7. The largest absolute Gasteiger partial charge is 1.00 e. The third-order valence-electron chi connectivity index (χ3n) is 7.54. The molecule has 1 aromatic carbocycles. The van der Waals surface area contributed by atoms with Crippen molar-refractivity contribution in [1.82, 2.24) is 30.0 Å². The van der Waals surface area contributed by atoms with Crippen LogP contribution in [-0.4, -0.2) is 78.5 Å². The average molecular weight is 695 g/mol. The Morgan fingerprint density at radius 3 is 2.57 bits per heavy atom. The molecule has 19 heteroatoms. The van der Waals surface area contributed by atoms with Crippen LogP contribution in [-0.2, 0) is 14.4 Å². The number of aromatic hydroxyl groups is 1. The molecule has 6 rings (SSSR count). The molecule has 1 aliphatic carbocycles. The zero-order chi connectivity index (χ0) is 32.0. The van der Waals surface area contributed by atoms with Crippen molar-refractivity contribution in [1.29, 1.82) is 0 Å². The summed E-state index contributed by atoms with van der Waals surface area (Å²) in [5.41, 5.74) is 8.40. The number of hydrogen-bond donors (Lipinski definition) is 5. The summed E-state index contributed by atoms with van der Waals surface area (Å²) in [4.78, 5) is 74.3. The number of hydrogen-bond acceptors (Lipinski definition) is 13. The predicted octanol–water partition coefficient (Wildman–Crippen LogP) is -2.98. The number of fused-ring (bicyclic) bond motifs is 1. The molecule has 6 N–H and O–H groups in total. The van der Waals surface area contributed by atoms with Crippen LogP contribution < -0.4 is 61.6 Å². The Hall–Kier alpha value is -3.13. The van der Waals surface area contributed by atoms with Crippen molar-refractivity contribution in [2.45, 2.75) is 42.3 Å². The van der Waals surface area contributed by atoms with Gasteiger partial charge in [0.15, 0.2) is 0 Å². The number of aromatic nitrogens is 2. The van der Waals surface area contributed by atoms with Gasteiger partial charge in [-0.1, -0.05) is 12.1 Å². The van der Waals surface area contributed by atoms with Gasteiger partial charge in [0.1, 0.15) is 34.7 Å². The van der Waals surface area contributed by atoms with E-state index in [1.165, 1.54) is 65.9 Å². The molecule has 4 aliphatic rings. The average Bonchev–Trinajstić information content (AvgIpc) is 3.78. The summed E-state index contributed by atoms with van der Waals surface area (Å²) in [6.45, 7) is 0. The SMILES string of the molecule is CN1NC=C(SCC2=CS[C@@H]3C(NC(=O)C(c4ccc(O)cc4)N(C(N)=O)c4cnc(C5CC5)[nH]c4=O)C(=O)N3C2C(=O)[O-])S1.[Na+]. The van der Waals surface area contributed by atoms with Crippen LogP contribution >= 0.6 is 35.5 Å². The van der Waals surface area contributed by atoms with E-state index >= 15 is 0 Å². The zero-order valence-corrected chi connectivity index (χ0v) is 29.0. The number of carboxylic acid groups (broad SMARTS) is 1. The number of carboxylic acids is 1. The Bertz CT molecular complexity index is 1690. The number of amides is 4. The molecule has 1 aromatic heterocycles. The molecule has 1 saturated heterocycles. The predicted molar refractivity (Wildman–Crippen MR) is 166 cm³/mol. The van der Waals surface area contributed by atoms with Crippen LogP contribution in [0.4, 0.5) is 10.5 Å². The summed E-state index contributed by atoms with van der Waals surface area (Å²) < 4.78 is 2.70. The second-order valence-corrected chi connectivity index (χ2v) is 14.0. The second kappa shape index (κ2) is 13.9. The maximum absolute atomic E-state index is 13.9. The number of β-lactam (4-membered cyclic amide) rings is 1. The molecule has 0 spiro atoms. The number of urea groups is 1. The van der Waals surface area contributed by atoms with Gasteiger partial charge in [0, 0.05) is 24.9 Å². The number of hydrazine groups is 1. The van der Waals surface area contributed by atoms with Gasteiger partial charge < -0.3 is 41.4 Å². The number of aliphatic carboxylic acids is 1. The van der Waals surface area contributed by atoms with Crippen LogP contribution in [0.5, 0.6) is 5.75 Å². The second-order valence-electron chi connectivity index (χ2n) is 10.6. The molecular formula is C27H27N8NaO7S3.